The van der Waals surface area contributed by atoms with E-state index in [1.807, 2.05) is 64.7 Å². The van der Waals surface area contributed by atoms with Crippen molar-refractivity contribution in [1.82, 2.24) is 20.0 Å². The number of carboxylic acid groups (broad SMARTS) is 1. The van der Waals surface area contributed by atoms with Crippen LogP contribution in [0.3, 0.4) is 0 Å². The van der Waals surface area contributed by atoms with E-state index in [4.69, 9.17) is 76.0 Å². The summed E-state index contributed by atoms with van der Waals surface area (Å²) in [5.74, 6) is 0.889. The Morgan fingerprint density at radius 1 is 0.626 bits per heavy atom. The number of benzene rings is 2. The van der Waals surface area contributed by atoms with Crippen LogP contribution in [0.5, 0.6) is 0 Å². The Balaban J connectivity index is -0.000000253. The highest BCUT2D eigenvalue weighted by molar-refractivity contribution is 6.76. The van der Waals surface area contributed by atoms with E-state index in [1.54, 1.807) is 47.6 Å². The molecule has 554 valence electrons. The number of esters is 4. The molecule has 0 saturated carbocycles. The number of rotatable bonds is 11. The number of nitrogens with zero attached hydrogens (tertiary/aromatic N) is 3. The van der Waals surface area contributed by atoms with Gasteiger partial charge in [-0.15, -0.1) is 12.4 Å². The van der Waals surface area contributed by atoms with Gasteiger partial charge in [-0.25, -0.2) is 43.2 Å². The Labute approximate surface area is 595 Å². The van der Waals surface area contributed by atoms with Crippen LogP contribution in [0, 0.1) is 11.8 Å². The van der Waals surface area contributed by atoms with Crippen molar-refractivity contribution in [2.45, 2.75) is 145 Å². The molecule has 0 saturated heterocycles. The highest BCUT2D eigenvalue weighted by atomic mass is 35.5. The maximum atomic E-state index is 11.8. The molecule has 1 atom stereocenters. The predicted octanol–water partition coefficient (Wildman–Crippen LogP) is 9.53. The van der Waals surface area contributed by atoms with E-state index in [9.17, 15) is 43.2 Å². The van der Waals surface area contributed by atoms with Gasteiger partial charge in [0.15, 0.2) is 5.56 Å². The van der Waals surface area contributed by atoms with E-state index in [0.717, 1.165) is 42.9 Å². The lowest BCUT2D eigenvalue weighted by Gasteiger charge is -2.27. The summed E-state index contributed by atoms with van der Waals surface area (Å²) in [5, 5.41) is 11.2. The quantitative estimate of drug-likeness (QED) is 0.0309. The second kappa shape index (κ2) is 56.1. The van der Waals surface area contributed by atoms with Crippen molar-refractivity contribution in [1.29, 1.82) is 0 Å². The number of halogens is 3. The molecule has 3 heterocycles. The number of hydrogen-bond acceptors (Lipinski definition) is 27. The average molecular weight is 1480 g/mol. The van der Waals surface area contributed by atoms with Gasteiger partial charge in [0.25, 0.3) is 0 Å². The molecule has 99 heavy (non-hydrogen) atoms. The third-order valence-electron chi connectivity index (χ3n) is 10.7. The van der Waals surface area contributed by atoms with Crippen LogP contribution < -0.4 is 5.32 Å². The van der Waals surface area contributed by atoms with Gasteiger partial charge in [-0.2, -0.15) is 28.8 Å². The lowest BCUT2D eigenvalue weighted by Crippen LogP contribution is -2.39. The predicted molar refractivity (Wildman–Crippen MR) is 364 cm³/mol. The third-order valence-corrected chi connectivity index (χ3v) is 12.3. The van der Waals surface area contributed by atoms with Crippen molar-refractivity contribution < 1.29 is 120 Å². The molecular weight excluding hydrogens is 1380 g/mol. The zero-order valence-corrected chi connectivity index (χ0v) is 63.1. The van der Waals surface area contributed by atoms with Gasteiger partial charge in [0.05, 0.1) is 54.2 Å². The first-order valence-corrected chi connectivity index (χ1v) is 33.8. The first-order chi connectivity index (χ1) is 45.3. The van der Waals surface area contributed by atoms with Crippen LogP contribution in [0.25, 0.3) is 0 Å². The van der Waals surface area contributed by atoms with Gasteiger partial charge in [0.2, 0.25) is 0 Å². The molecule has 2 N–H and O–H groups in total. The summed E-state index contributed by atoms with van der Waals surface area (Å²) in [6.45, 7) is 36.8. The Kier molecular flexibility index (Phi) is 57.3. The monoisotopic (exact) mass is 1480 g/mol. The molecule has 0 fully saturated rings. The fraction of sp³-hybridized carbons (Fsp3) is 0.515. The number of amides is 1. The van der Waals surface area contributed by atoms with E-state index in [1.165, 1.54) is 57.6 Å². The number of alkyl halides is 1. The lowest BCUT2D eigenvalue weighted by atomic mass is 10.2. The van der Waals surface area contributed by atoms with Crippen LogP contribution in [-0.2, 0) is 108 Å². The largest absolute Gasteiger partial charge is 0.519 e. The van der Waals surface area contributed by atoms with Gasteiger partial charge in [-0.3, -0.25) is 9.80 Å². The molecule has 0 bridgehead atoms. The first kappa shape index (κ1) is 101. The van der Waals surface area contributed by atoms with Crippen LogP contribution >= 0.6 is 35.6 Å². The molecule has 0 aromatic heterocycles. The van der Waals surface area contributed by atoms with E-state index < -0.39 is 72.2 Å². The Morgan fingerprint density at radius 3 is 1.32 bits per heavy atom. The molecule has 2 aromatic rings. The molecule has 2 aromatic carbocycles. The molecular formula is C66H95Cl3N4O25Si. The number of carbonyl (C=O) groups excluding carboxylic acids is 14. The van der Waals surface area contributed by atoms with E-state index in [2.05, 4.69) is 108 Å². The second-order valence-electron chi connectivity index (χ2n) is 23.9. The van der Waals surface area contributed by atoms with Crippen molar-refractivity contribution in [3.05, 3.63) is 106 Å². The van der Waals surface area contributed by atoms with Crippen LogP contribution in [-0.4, -0.2) is 203 Å². The Bertz CT molecular complexity index is 2990. The zero-order valence-electron chi connectivity index (χ0n) is 59.8. The molecule has 1 unspecified atom stereocenters. The number of carbonyl (C=O) groups is 9. The van der Waals surface area contributed by atoms with E-state index >= 15 is 0 Å². The summed E-state index contributed by atoms with van der Waals surface area (Å²) >= 11 is 9.87. The minimum absolute atomic E-state index is 0. The highest BCUT2D eigenvalue weighted by Crippen LogP contribution is 2.22. The molecule has 3 aliphatic heterocycles. The fourth-order valence-corrected chi connectivity index (χ4v) is 9.05. The van der Waals surface area contributed by atoms with Crippen LogP contribution in [0.2, 0.25) is 19.6 Å². The van der Waals surface area contributed by atoms with E-state index in [-0.39, 0.29) is 49.3 Å². The van der Waals surface area contributed by atoms with E-state index in [0.29, 0.717) is 37.3 Å². The van der Waals surface area contributed by atoms with Crippen molar-refractivity contribution in [3.8, 4) is 11.8 Å². The third kappa shape index (κ3) is 61.2. The SMILES string of the molecule is CC(C)(C)OC(=O)OC(=O)OC(C)(C)C.CC(Cl)OC(=O)Cl.CCN(Cc1ccccc1)C[Si](C)(C)C.COC(=O)C#CC(=O)OC.COC(=O)C1=C(C)CN(C(=O)OC(C)(C)C)C1.COC(=O)C1=C(C)CN(Cc2ccccc2)C1.Cl.O=C(O)C1=CCNC1.O=C=O.O=C=O.O=C=O. The van der Waals surface area contributed by atoms with Gasteiger partial charge in [0.1, 0.15) is 16.8 Å². The normalized spacial score (nSPS) is 12.6. The van der Waals surface area contributed by atoms with Crippen molar-refractivity contribution in [2.24, 2.45) is 0 Å². The summed E-state index contributed by atoms with van der Waals surface area (Å²) in [6.07, 6.45) is 1.20. The zero-order chi connectivity index (χ0) is 77.0. The van der Waals surface area contributed by atoms with Gasteiger partial charge in [-0.05, 0) is 118 Å². The molecule has 29 nitrogen and oxygen atoms in total. The molecule has 1 amide bonds. The highest BCUT2D eigenvalue weighted by Gasteiger charge is 2.31. The number of nitrogens with one attached hydrogen (secondary N) is 1. The molecule has 3 aliphatic rings. The standard InChI is InChI=1S/C14H17NO2.C13H23NSi.C12H19NO4.C10H18O5.C6H6O4.C5H7NO2.C3H4Cl2O2.3CO2.ClH/c1-11-8-15(10-13(11)14(16)17-2)9-12-6-4-3-5-7-12;1-5-14(12-15(2,3)4)11-13-9-7-6-8-10-13;1-8-6-13(7-9(8)10(14)16-5)11(15)17-12(2,3)4;1-9(2,3)14-7(11)13-8(12)15-10(4,5)6;1-9-5(7)3-4-6(8)10-2;7-5(8)4-1-2-6-3-4;1-2(4)7-3(5)6;3*2-1-3;/h3-7H,8-10H2,1-2H3;6-10H,5,11-12H2,1-4H3;6-7H2,1-5H3;1-6H3;1-2H3;1,6H,2-3H2,(H,7,8);2H,1H3;;;;1H. The molecule has 0 radical (unpaired) electrons. The van der Waals surface area contributed by atoms with Crippen molar-refractivity contribution in [2.75, 3.05) is 80.4 Å². The number of hydrogen-bond donors (Lipinski definition) is 2. The molecule has 5 rings (SSSR count). The minimum Gasteiger partial charge on any atom is -0.478 e. The maximum Gasteiger partial charge on any atom is 0.519 e. The number of methoxy groups -OCH3 is 4. The van der Waals surface area contributed by atoms with Gasteiger partial charge in [0, 0.05) is 74.8 Å². The summed E-state index contributed by atoms with van der Waals surface area (Å²) in [4.78, 5) is 152. The minimum atomic E-state index is -1.06. The summed E-state index contributed by atoms with van der Waals surface area (Å²) in [6, 6.07) is 21.0. The van der Waals surface area contributed by atoms with Gasteiger partial charge in [-0.1, -0.05) is 105 Å². The van der Waals surface area contributed by atoms with Gasteiger partial charge < -0.3 is 58.0 Å². The molecule has 33 heteroatoms. The average Bonchev–Trinajstić information content (AvgIpc) is 1.71. The fourth-order valence-electron chi connectivity index (χ4n) is 7.11. The Hall–Kier alpha value is -8.84. The second-order valence-corrected chi connectivity index (χ2v) is 30.3. The van der Waals surface area contributed by atoms with Gasteiger partial charge >= 0.3 is 72.1 Å². The number of carboxylic acids is 1. The topological polar surface area (TPSA) is 381 Å². The first-order valence-electron chi connectivity index (χ1n) is 29.3. The van der Waals surface area contributed by atoms with Crippen LogP contribution in [0.1, 0.15) is 101 Å². The molecule has 0 aliphatic carbocycles. The number of aliphatic carboxylic acids is 1. The smallest absolute Gasteiger partial charge is 0.478 e. The van der Waals surface area contributed by atoms with Crippen molar-refractivity contribution >= 4 is 116 Å². The molecule has 0 spiro atoms. The van der Waals surface area contributed by atoms with Crippen LogP contribution in [0.15, 0.2) is 94.6 Å². The van der Waals surface area contributed by atoms with Crippen molar-refractivity contribution in [3.63, 3.8) is 0 Å². The Morgan fingerprint density at radius 2 is 1.02 bits per heavy atom. The number of ether oxygens (including phenoxy) is 9. The summed E-state index contributed by atoms with van der Waals surface area (Å²) in [5.41, 5.74) is 3.07. The maximum absolute atomic E-state index is 11.8. The summed E-state index contributed by atoms with van der Waals surface area (Å²) < 4.78 is 40.9. The van der Waals surface area contributed by atoms with Crippen LogP contribution in [0.4, 0.5) is 19.2 Å². The lowest BCUT2D eigenvalue weighted by molar-refractivity contribution is -0.193. The summed E-state index contributed by atoms with van der Waals surface area (Å²) in [7, 11) is 4.15.